The Morgan fingerprint density at radius 1 is 0.852 bits per heavy atom. The molecule has 0 amide bonds. The van der Waals surface area contributed by atoms with Crippen molar-refractivity contribution in [1.82, 2.24) is 0 Å². The lowest BCUT2D eigenvalue weighted by Gasteiger charge is -2.41. The number of ether oxygens (including phenoxy) is 1. The Morgan fingerprint density at radius 2 is 1.56 bits per heavy atom. The molecule has 152 valence electrons. The molecule has 2 aliphatic carbocycles. The first-order valence-electron chi connectivity index (χ1n) is 11.9. The minimum atomic E-state index is 0.752. The fraction of sp³-hybridized carbons (Fsp3) is 0.769. The molecular weight excluding hydrogens is 328 g/mol. The van der Waals surface area contributed by atoms with Crippen molar-refractivity contribution in [3.8, 4) is 5.75 Å². The highest BCUT2D eigenvalue weighted by molar-refractivity contribution is 5.30. The number of benzene rings is 1. The maximum atomic E-state index is 5.75. The Labute approximate surface area is 168 Å². The van der Waals surface area contributed by atoms with Gasteiger partial charge in [0, 0.05) is 0 Å². The summed E-state index contributed by atoms with van der Waals surface area (Å²) >= 11 is 0. The van der Waals surface area contributed by atoms with Crippen molar-refractivity contribution in [2.75, 3.05) is 6.61 Å². The van der Waals surface area contributed by atoms with Crippen molar-refractivity contribution in [2.24, 2.45) is 23.7 Å². The fourth-order valence-corrected chi connectivity index (χ4v) is 5.83. The summed E-state index contributed by atoms with van der Waals surface area (Å²) in [6.45, 7) is 7.82. The molecule has 1 unspecified atom stereocenters. The maximum absolute atomic E-state index is 5.75. The second kappa shape index (κ2) is 10.5. The highest BCUT2D eigenvalue weighted by atomic mass is 16.5. The van der Waals surface area contributed by atoms with E-state index in [2.05, 4.69) is 45.0 Å². The summed E-state index contributed by atoms with van der Waals surface area (Å²) in [7, 11) is 0. The van der Waals surface area contributed by atoms with E-state index in [1.54, 1.807) is 0 Å². The van der Waals surface area contributed by atoms with Crippen LogP contribution in [0.4, 0.5) is 0 Å². The molecule has 27 heavy (non-hydrogen) atoms. The SMILES string of the molecule is CCCCC1CCC(C2CC[C@@H](c3ccc(OCCC)cc3)[C@H](C)C2)CC1. The van der Waals surface area contributed by atoms with Crippen molar-refractivity contribution < 1.29 is 4.74 Å². The predicted molar refractivity (Wildman–Crippen MR) is 116 cm³/mol. The Morgan fingerprint density at radius 3 is 2.19 bits per heavy atom. The lowest BCUT2D eigenvalue weighted by Crippen LogP contribution is -2.29. The molecule has 0 heterocycles. The average molecular weight is 371 g/mol. The Kier molecular flexibility index (Phi) is 8.09. The fourth-order valence-electron chi connectivity index (χ4n) is 5.83. The summed E-state index contributed by atoms with van der Waals surface area (Å²) in [5, 5.41) is 0. The van der Waals surface area contributed by atoms with Crippen molar-refractivity contribution in [3.63, 3.8) is 0 Å². The third-order valence-corrected chi connectivity index (χ3v) is 7.51. The van der Waals surface area contributed by atoms with Crippen LogP contribution in [0, 0.1) is 23.7 Å². The second-order valence-electron chi connectivity index (χ2n) is 9.50. The van der Waals surface area contributed by atoms with E-state index in [-0.39, 0.29) is 0 Å². The summed E-state index contributed by atoms with van der Waals surface area (Å²) < 4.78 is 5.75. The molecule has 1 nitrogen and oxygen atoms in total. The monoisotopic (exact) mass is 370 g/mol. The quantitative estimate of drug-likeness (QED) is 0.450. The highest BCUT2D eigenvalue weighted by Gasteiger charge is 2.34. The number of rotatable bonds is 8. The van der Waals surface area contributed by atoms with E-state index >= 15 is 0 Å². The smallest absolute Gasteiger partial charge is 0.119 e. The number of hydrogen-bond donors (Lipinski definition) is 0. The van der Waals surface area contributed by atoms with Gasteiger partial charge in [0.15, 0.2) is 0 Å². The zero-order valence-electron chi connectivity index (χ0n) is 18.1. The first kappa shape index (κ1) is 20.7. The molecule has 0 radical (unpaired) electrons. The van der Waals surface area contributed by atoms with E-state index in [0.29, 0.717) is 0 Å². The second-order valence-corrected chi connectivity index (χ2v) is 9.50. The third kappa shape index (κ3) is 5.75. The third-order valence-electron chi connectivity index (χ3n) is 7.51. The van der Waals surface area contributed by atoms with Crippen molar-refractivity contribution in [1.29, 1.82) is 0 Å². The Hall–Kier alpha value is -0.980. The molecule has 0 saturated heterocycles. The van der Waals surface area contributed by atoms with E-state index in [9.17, 15) is 0 Å². The lowest BCUT2D eigenvalue weighted by atomic mass is 9.65. The molecule has 0 bridgehead atoms. The molecule has 1 aromatic carbocycles. The zero-order chi connectivity index (χ0) is 19.1. The van der Waals surface area contributed by atoms with Gasteiger partial charge >= 0.3 is 0 Å². The first-order valence-corrected chi connectivity index (χ1v) is 11.9. The van der Waals surface area contributed by atoms with Crippen molar-refractivity contribution in [2.45, 2.75) is 97.3 Å². The summed E-state index contributed by atoms with van der Waals surface area (Å²) in [5.41, 5.74) is 1.54. The normalized spacial score (nSPS) is 31.6. The molecule has 0 N–H and O–H groups in total. The molecule has 2 aliphatic rings. The molecule has 0 spiro atoms. The molecule has 3 atom stereocenters. The molecular formula is C26H42O. The van der Waals surface area contributed by atoms with Gasteiger partial charge in [-0.3, -0.25) is 0 Å². The molecule has 0 aromatic heterocycles. The van der Waals surface area contributed by atoms with Gasteiger partial charge < -0.3 is 4.74 Å². The van der Waals surface area contributed by atoms with E-state index in [4.69, 9.17) is 4.74 Å². The van der Waals surface area contributed by atoms with Gasteiger partial charge in [-0.2, -0.15) is 0 Å². The van der Waals surface area contributed by atoms with Crippen LogP contribution in [0.15, 0.2) is 24.3 Å². The van der Waals surface area contributed by atoms with Gasteiger partial charge in [0.05, 0.1) is 6.61 Å². The molecule has 2 fully saturated rings. The van der Waals surface area contributed by atoms with Crippen LogP contribution >= 0.6 is 0 Å². The van der Waals surface area contributed by atoms with Crippen LogP contribution in [0.2, 0.25) is 0 Å². The molecule has 1 aromatic rings. The molecule has 3 rings (SSSR count). The van der Waals surface area contributed by atoms with Gasteiger partial charge in [0.2, 0.25) is 0 Å². The summed E-state index contributed by atoms with van der Waals surface area (Å²) in [5.74, 6) is 5.67. The number of unbranched alkanes of at least 4 members (excludes halogenated alkanes) is 1. The van der Waals surface area contributed by atoms with Crippen LogP contribution < -0.4 is 4.74 Å². The standard InChI is InChI=1S/C26H42O/c1-4-6-7-21-8-10-22(11-9-21)24-14-17-26(20(3)19-24)23-12-15-25(16-13-23)27-18-5-2/h12-13,15-16,20-22,24,26H,4-11,14,17-19H2,1-3H3/t20-,21?,22?,24?,26-/m1/s1. The molecule has 1 heteroatoms. The molecule has 2 saturated carbocycles. The summed E-state index contributed by atoms with van der Waals surface area (Å²) in [6, 6.07) is 9.01. The van der Waals surface area contributed by atoms with Gasteiger partial charge in [-0.05, 0) is 85.8 Å². The Balaban J connectivity index is 1.48. The topological polar surface area (TPSA) is 9.23 Å². The van der Waals surface area contributed by atoms with Crippen molar-refractivity contribution in [3.05, 3.63) is 29.8 Å². The summed E-state index contributed by atoms with van der Waals surface area (Å²) in [6.07, 6.45) is 15.7. The minimum Gasteiger partial charge on any atom is -0.494 e. The van der Waals surface area contributed by atoms with Crippen LogP contribution in [0.25, 0.3) is 0 Å². The largest absolute Gasteiger partial charge is 0.494 e. The highest BCUT2D eigenvalue weighted by Crippen LogP contribution is 2.47. The van der Waals surface area contributed by atoms with Crippen LogP contribution in [0.3, 0.4) is 0 Å². The predicted octanol–water partition coefficient (Wildman–Crippen LogP) is 7.99. The van der Waals surface area contributed by atoms with Gasteiger partial charge in [0.1, 0.15) is 5.75 Å². The van der Waals surface area contributed by atoms with E-state index in [1.807, 2.05) is 0 Å². The van der Waals surface area contributed by atoms with Gasteiger partial charge in [0.25, 0.3) is 0 Å². The average Bonchev–Trinajstić information content (AvgIpc) is 2.71. The van der Waals surface area contributed by atoms with Crippen molar-refractivity contribution >= 4 is 0 Å². The van der Waals surface area contributed by atoms with Crippen LogP contribution in [-0.2, 0) is 0 Å². The van der Waals surface area contributed by atoms with E-state index < -0.39 is 0 Å². The van der Waals surface area contributed by atoms with Gasteiger partial charge in [-0.15, -0.1) is 0 Å². The van der Waals surface area contributed by atoms with E-state index in [1.165, 1.54) is 69.8 Å². The van der Waals surface area contributed by atoms with Gasteiger partial charge in [-0.25, -0.2) is 0 Å². The van der Waals surface area contributed by atoms with Crippen LogP contribution in [-0.4, -0.2) is 6.61 Å². The number of hydrogen-bond acceptors (Lipinski definition) is 1. The minimum absolute atomic E-state index is 0.752. The lowest BCUT2D eigenvalue weighted by molar-refractivity contribution is 0.130. The molecule has 0 aliphatic heterocycles. The maximum Gasteiger partial charge on any atom is 0.119 e. The summed E-state index contributed by atoms with van der Waals surface area (Å²) in [4.78, 5) is 0. The Bertz CT molecular complexity index is 526. The van der Waals surface area contributed by atoms with Crippen LogP contribution in [0.1, 0.15) is 103 Å². The van der Waals surface area contributed by atoms with Crippen LogP contribution in [0.5, 0.6) is 5.75 Å². The first-order chi connectivity index (χ1) is 13.2. The van der Waals surface area contributed by atoms with Gasteiger partial charge in [-0.1, -0.05) is 65.0 Å². The zero-order valence-corrected chi connectivity index (χ0v) is 18.1. The van der Waals surface area contributed by atoms with E-state index in [0.717, 1.165) is 48.4 Å².